The van der Waals surface area contributed by atoms with E-state index >= 15 is 0 Å². The van der Waals surface area contributed by atoms with Crippen LogP contribution in [0.25, 0.3) is 11.1 Å². The zero-order valence-corrected chi connectivity index (χ0v) is 29.1. The molecule has 1 unspecified atom stereocenters. The molecule has 0 radical (unpaired) electrons. The first-order valence-electron chi connectivity index (χ1n) is 15.9. The van der Waals surface area contributed by atoms with Crippen LogP contribution in [-0.2, 0) is 12.8 Å². The Balaban J connectivity index is 0.000000743. The Kier molecular flexibility index (Phi) is 19.3. The lowest BCUT2D eigenvalue weighted by Gasteiger charge is -2.27. The van der Waals surface area contributed by atoms with E-state index in [1.54, 1.807) is 6.20 Å². The van der Waals surface area contributed by atoms with Crippen molar-refractivity contribution in [2.24, 2.45) is 11.5 Å². The van der Waals surface area contributed by atoms with Crippen LogP contribution in [0.5, 0.6) is 0 Å². The largest absolute Gasteiger partial charge is 0.405 e. The van der Waals surface area contributed by atoms with E-state index < -0.39 is 0 Å². The Hall–Kier alpha value is -3.62. The maximum atomic E-state index is 6.36. The van der Waals surface area contributed by atoms with Gasteiger partial charge in [-0.15, -0.1) is 0 Å². The fourth-order valence-corrected chi connectivity index (χ4v) is 4.43. The molecule has 0 spiro atoms. The molecule has 0 fully saturated rings. The molecule has 3 rings (SSSR count). The Morgan fingerprint density at radius 1 is 0.814 bits per heavy atom. The van der Waals surface area contributed by atoms with Crippen LogP contribution in [0, 0.1) is 20.8 Å². The molecule has 0 heterocycles. The van der Waals surface area contributed by atoms with Gasteiger partial charge in [-0.1, -0.05) is 131 Å². The summed E-state index contributed by atoms with van der Waals surface area (Å²) in [5.74, 6) is 0. The molecular formula is C41H60N2. The molecule has 0 aliphatic carbocycles. The number of aryl methyl sites for hydroxylation is 2. The summed E-state index contributed by atoms with van der Waals surface area (Å²) in [6.07, 6.45) is 10.1. The minimum absolute atomic E-state index is 0.290. The summed E-state index contributed by atoms with van der Waals surface area (Å²) >= 11 is 0. The fraction of sp³-hybridized carbons (Fsp3) is 0.366. The summed E-state index contributed by atoms with van der Waals surface area (Å²) < 4.78 is 0. The third-order valence-corrected chi connectivity index (χ3v) is 7.89. The lowest BCUT2D eigenvalue weighted by molar-refractivity contribution is 0.519. The highest BCUT2D eigenvalue weighted by atomic mass is 14.7. The number of rotatable bonds is 9. The SMILES string of the molecule is C=C/C(C)=C(\C)Cc1c(-c2ccccc2)ccc(C)c1C.CC.CC.CCC(C)(N)/C(=C\C=C/N)Cc1ccccc1C. The summed E-state index contributed by atoms with van der Waals surface area (Å²) in [7, 11) is 0. The Bertz CT molecular complexity index is 1320. The highest BCUT2D eigenvalue weighted by Crippen LogP contribution is 2.30. The molecule has 0 saturated heterocycles. The normalized spacial score (nSPS) is 12.8. The van der Waals surface area contributed by atoms with Gasteiger partial charge >= 0.3 is 0 Å². The first-order chi connectivity index (χ1) is 20.5. The molecule has 0 amide bonds. The number of benzene rings is 3. The van der Waals surface area contributed by atoms with Crippen molar-refractivity contribution < 1.29 is 0 Å². The van der Waals surface area contributed by atoms with E-state index in [0.29, 0.717) is 0 Å². The van der Waals surface area contributed by atoms with Crippen LogP contribution in [0.15, 0.2) is 114 Å². The second kappa shape index (κ2) is 21.1. The molecule has 1 atom stereocenters. The van der Waals surface area contributed by atoms with Gasteiger partial charge in [-0.25, -0.2) is 0 Å². The molecule has 2 heteroatoms. The average Bonchev–Trinajstić information content (AvgIpc) is 3.04. The molecule has 3 aromatic carbocycles. The van der Waals surface area contributed by atoms with Crippen molar-refractivity contribution in [2.45, 2.75) is 101 Å². The number of hydrogen-bond acceptors (Lipinski definition) is 2. The van der Waals surface area contributed by atoms with Crippen molar-refractivity contribution in [1.82, 2.24) is 0 Å². The lowest BCUT2D eigenvalue weighted by atomic mass is 9.84. The van der Waals surface area contributed by atoms with Gasteiger partial charge in [0.15, 0.2) is 0 Å². The zero-order valence-electron chi connectivity index (χ0n) is 29.1. The Morgan fingerprint density at radius 2 is 1.40 bits per heavy atom. The predicted octanol–water partition coefficient (Wildman–Crippen LogP) is 11.2. The maximum absolute atomic E-state index is 6.36. The van der Waals surface area contributed by atoms with E-state index in [-0.39, 0.29) is 5.54 Å². The number of nitrogens with two attached hydrogens (primary N) is 2. The van der Waals surface area contributed by atoms with Crippen LogP contribution >= 0.6 is 0 Å². The summed E-state index contributed by atoms with van der Waals surface area (Å²) in [5, 5.41) is 0. The van der Waals surface area contributed by atoms with Crippen molar-refractivity contribution in [2.75, 3.05) is 0 Å². The number of hydrogen-bond donors (Lipinski definition) is 2. The van der Waals surface area contributed by atoms with Crippen LogP contribution in [0.2, 0.25) is 0 Å². The van der Waals surface area contributed by atoms with E-state index in [0.717, 1.165) is 19.3 Å². The average molecular weight is 581 g/mol. The highest BCUT2D eigenvalue weighted by molar-refractivity contribution is 5.70. The molecule has 0 aliphatic rings. The standard InChI is InChI=1S/C21H24.C16H24N2.2C2H6/c1-6-15(2)17(4)14-21-18(5)16(3)12-13-20(21)19-10-8-7-9-11-19;1-4-16(3,18)15(10-7-11-17)12-14-9-6-5-8-13(14)2;2*1-2/h6-13H,1,14H2,2-5H3;5-11H,4,12,17-18H2,1-3H3;2*1-2H3/b17-15+;11-7-,15-10-;;. The first kappa shape index (κ1) is 39.4. The first-order valence-corrected chi connectivity index (χ1v) is 15.9. The molecule has 3 aromatic rings. The van der Waals surface area contributed by atoms with Gasteiger partial charge in [0, 0.05) is 5.54 Å². The zero-order chi connectivity index (χ0) is 33.0. The van der Waals surface area contributed by atoms with Crippen molar-refractivity contribution in [1.29, 1.82) is 0 Å². The van der Waals surface area contributed by atoms with Crippen molar-refractivity contribution in [3.8, 4) is 11.1 Å². The third-order valence-electron chi connectivity index (χ3n) is 7.89. The smallest absolute Gasteiger partial charge is 0.0343 e. The van der Waals surface area contributed by atoms with E-state index in [1.807, 2.05) is 45.9 Å². The van der Waals surface area contributed by atoms with E-state index in [9.17, 15) is 0 Å². The predicted molar refractivity (Wildman–Crippen MR) is 195 cm³/mol. The molecule has 2 nitrogen and oxygen atoms in total. The van der Waals surface area contributed by atoms with Crippen LogP contribution in [-0.4, -0.2) is 5.54 Å². The van der Waals surface area contributed by atoms with E-state index in [2.05, 4.69) is 122 Å². The lowest BCUT2D eigenvalue weighted by Crippen LogP contribution is -2.38. The third kappa shape index (κ3) is 12.6. The molecule has 234 valence electrons. The van der Waals surface area contributed by atoms with E-state index in [4.69, 9.17) is 11.5 Å². The van der Waals surface area contributed by atoms with Gasteiger partial charge in [-0.3, -0.25) is 0 Å². The van der Waals surface area contributed by atoms with E-state index in [1.165, 1.54) is 55.7 Å². The molecular weight excluding hydrogens is 520 g/mol. The topological polar surface area (TPSA) is 52.0 Å². The minimum Gasteiger partial charge on any atom is -0.405 e. The summed E-state index contributed by atoms with van der Waals surface area (Å²) in [6, 6.07) is 23.5. The molecule has 0 bridgehead atoms. The van der Waals surface area contributed by atoms with Gasteiger partial charge in [0.25, 0.3) is 0 Å². The van der Waals surface area contributed by atoms with Crippen molar-refractivity contribution >= 4 is 0 Å². The minimum atomic E-state index is -0.290. The molecule has 43 heavy (non-hydrogen) atoms. The summed E-state index contributed by atoms with van der Waals surface area (Å²) in [5.41, 5.74) is 24.8. The van der Waals surface area contributed by atoms with Crippen molar-refractivity contribution in [3.63, 3.8) is 0 Å². The van der Waals surface area contributed by atoms with Crippen LogP contribution in [0.3, 0.4) is 0 Å². The van der Waals surface area contributed by atoms with Crippen LogP contribution < -0.4 is 11.5 Å². The van der Waals surface area contributed by atoms with Gasteiger partial charge in [0.05, 0.1) is 0 Å². The molecule has 0 aliphatic heterocycles. The second-order valence-electron chi connectivity index (χ2n) is 10.7. The monoisotopic (exact) mass is 580 g/mol. The van der Waals surface area contributed by atoms with Gasteiger partial charge in [0.2, 0.25) is 0 Å². The van der Waals surface area contributed by atoms with Gasteiger partial charge in [-0.2, -0.15) is 0 Å². The van der Waals surface area contributed by atoms with Crippen molar-refractivity contribution in [3.05, 3.63) is 142 Å². The Labute approximate surface area is 265 Å². The molecule has 0 saturated carbocycles. The van der Waals surface area contributed by atoms with Gasteiger partial charge in [0.1, 0.15) is 0 Å². The quantitative estimate of drug-likeness (QED) is 0.247. The maximum Gasteiger partial charge on any atom is 0.0343 e. The fourth-order valence-electron chi connectivity index (χ4n) is 4.43. The van der Waals surface area contributed by atoms with Gasteiger partial charge < -0.3 is 11.5 Å². The molecule has 4 N–H and O–H groups in total. The highest BCUT2D eigenvalue weighted by Gasteiger charge is 2.21. The summed E-state index contributed by atoms with van der Waals surface area (Å²) in [6.45, 7) is 27.0. The Morgan fingerprint density at radius 3 is 1.93 bits per heavy atom. The number of allylic oxidation sites excluding steroid dienone is 5. The van der Waals surface area contributed by atoms with Gasteiger partial charge in [-0.05, 0) is 118 Å². The van der Waals surface area contributed by atoms with Crippen LogP contribution in [0.1, 0.15) is 89.6 Å². The van der Waals surface area contributed by atoms with Crippen LogP contribution in [0.4, 0.5) is 0 Å². The molecule has 0 aromatic heterocycles. The summed E-state index contributed by atoms with van der Waals surface area (Å²) in [4.78, 5) is 0. The second-order valence-corrected chi connectivity index (χ2v) is 10.7.